The average molecular weight is 402 g/mol. The molecule has 8 heteroatoms. The minimum atomic E-state index is -2.95. The number of hydrogen-bond donors (Lipinski definition) is 1. The van der Waals surface area contributed by atoms with E-state index in [1.807, 2.05) is 0 Å². The van der Waals surface area contributed by atoms with Crippen molar-refractivity contribution in [3.63, 3.8) is 0 Å². The van der Waals surface area contributed by atoms with Crippen LogP contribution in [0.1, 0.15) is 24.1 Å². The van der Waals surface area contributed by atoms with Gasteiger partial charge in [-0.05, 0) is 47.9 Å². The SMILES string of the molecule is CCc1cc([C@H]2[C@@H]3CN(C4COC4)C[C@@H]32)cc(-c2cnc(N)c(OC(F)F)c2)n1. The van der Waals surface area contributed by atoms with Crippen LogP contribution in [0.15, 0.2) is 24.4 Å². The molecule has 4 heterocycles. The van der Waals surface area contributed by atoms with Crippen molar-refractivity contribution in [2.45, 2.75) is 31.9 Å². The van der Waals surface area contributed by atoms with Crippen LogP contribution < -0.4 is 10.5 Å². The quantitative estimate of drug-likeness (QED) is 0.801. The van der Waals surface area contributed by atoms with E-state index < -0.39 is 6.61 Å². The van der Waals surface area contributed by atoms with Gasteiger partial charge in [-0.15, -0.1) is 0 Å². The summed E-state index contributed by atoms with van der Waals surface area (Å²) >= 11 is 0. The maximum absolute atomic E-state index is 12.6. The first-order valence-corrected chi connectivity index (χ1v) is 10.1. The summed E-state index contributed by atoms with van der Waals surface area (Å²) in [6, 6.07) is 6.34. The van der Waals surface area contributed by atoms with Crippen LogP contribution in [0, 0.1) is 11.8 Å². The van der Waals surface area contributed by atoms with Gasteiger partial charge >= 0.3 is 6.61 Å². The number of nitrogens with two attached hydrogens (primary N) is 1. The van der Waals surface area contributed by atoms with Gasteiger partial charge in [0.1, 0.15) is 0 Å². The first-order valence-electron chi connectivity index (χ1n) is 10.1. The number of nitrogens with zero attached hydrogens (tertiary/aromatic N) is 3. The third-order valence-corrected chi connectivity index (χ3v) is 6.40. The Morgan fingerprint density at radius 2 is 2.00 bits per heavy atom. The zero-order valence-electron chi connectivity index (χ0n) is 16.2. The minimum Gasteiger partial charge on any atom is -0.431 e. The number of aryl methyl sites for hydroxylation is 1. The molecule has 3 aliphatic rings. The maximum atomic E-state index is 12.6. The number of aromatic nitrogens is 2. The Morgan fingerprint density at radius 1 is 1.24 bits per heavy atom. The molecule has 0 bridgehead atoms. The normalized spacial score (nSPS) is 26.4. The molecule has 1 aliphatic carbocycles. The molecule has 0 unspecified atom stereocenters. The van der Waals surface area contributed by atoms with E-state index in [-0.39, 0.29) is 11.6 Å². The van der Waals surface area contributed by atoms with Gasteiger partial charge in [0.25, 0.3) is 0 Å². The Balaban J connectivity index is 1.40. The second kappa shape index (κ2) is 7.18. The monoisotopic (exact) mass is 402 g/mol. The summed E-state index contributed by atoms with van der Waals surface area (Å²) in [5.74, 6) is 1.72. The Kier molecular flexibility index (Phi) is 4.63. The largest absolute Gasteiger partial charge is 0.431 e. The highest BCUT2D eigenvalue weighted by atomic mass is 19.3. The van der Waals surface area contributed by atoms with Crippen LogP contribution >= 0.6 is 0 Å². The van der Waals surface area contributed by atoms with Gasteiger partial charge in [-0.3, -0.25) is 9.88 Å². The number of likely N-dealkylation sites (tertiary alicyclic amines) is 1. The number of piperidine rings is 1. The number of nitrogen functional groups attached to an aromatic ring is 1. The minimum absolute atomic E-state index is 0.0577. The topological polar surface area (TPSA) is 73.5 Å². The van der Waals surface area contributed by atoms with E-state index in [9.17, 15) is 8.78 Å². The fourth-order valence-electron chi connectivity index (χ4n) is 4.70. The van der Waals surface area contributed by atoms with Crippen LogP contribution in [0.3, 0.4) is 0 Å². The number of alkyl halides is 2. The van der Waals surface area contributed by atoms with Crippen molar-refractivity contribution in [3.05, 3.63) is 35.7 Å². The van der Waals surface area contributed by atoms with Crippen molar-refractivity contribution >= 4 is 5.82 Å². The summed E-state index contributed by atoms with van der Waals surface area (Å²) in [5, 5.41) is 0. The number of rotatable bonds is 6. The summed E-state index contributed by atoms with van der Waals surface area (Å²) < 4.78 is 35.1. The Labute approximate surface area is 168 Å². The molecule has 2 N–H and O–H groups in total. The summed E-state index contributed by atoms with van der Waals surface area (Å²) in [4.78, 5) is 11.3. The first kappa shape index (κ1) is 18.7. The molecule has 2 aromatic heterocycles. The molecule has 0 amide bonds. The second-order valence-electron chi connectivity index (χ2n) is 8.12. The molecule has 2 aliphatic heterocycles. The fourth-order valence-corrected chi connectivity index (χ4v) is 4.70. The molecular weight excluding hydrogens is 378 g/mol. The number of fused-ring (bicyclic) bond motifs is 1. The fraction of sp³-hybridized carbons (Fsp3) is 0.524. The molecule has 29 heavy (non-hydrogen) atoms. The third-order valence-electron chi connectivity index (χ3n) is 6.40. The van der Waals surface area contributed by atoms with E-state index >= 15 is 0 Å². The lowest BCUT2D eigenvalue weighted by atomic mass is 10.0. The van der Waals surface area contributed by atoms with Crippen molar-refractivity contribution < 1.29 is 18.3 Å². The van der Waals surface area contributed by atoms with E-state index in [2.05, 4.69) is 33.7 Å². The highest BCUT2D eigenvalue weighted by Crippen LogP contribution is 2.59. The average Bonchev–Trinajstić information content (AvgIpc) is 3.16. The van der Waals surface area contributed by atoms with Crippen LogP contribution in [0.5, 0.6) is 5.75 Å². The van der Waals surface area contributed by atoms with Gasteiger partial charge in [0.05, 0.1) is 24.9 Å². The maximum Gasteiger partial charge on any atom is 0.387 e. The summed E-state index contributed by atoms with van der Waals surface area (Å²) in [5.41, 5.74) is 9.29. The summed E-state index contributed by atoms with van der Waals surface area (Å²) in [7, 11) is 0. The second-order valence-corrected chi connectivity index (χ2v) is 8.12. The van der Waals surface area contributed by atoms with Crippen LogP contribution in [0.2, 0.25) is 0 Å². The molecule has 0 spiro atoms. The smallest absolute Gasteiger partial charge is 0.387 e. The summed E-state index contributed by atoms with van der Waals surface area (Å²) in [6.07, 6.45) is 2.36. The third kappa shape index (κ3) is 3.44. The molecule has 2 aromatic rings. The zero-order chi connectivity index (χ0) is 20.1. The van der Waals surface area contributed by atoms with Gasteiger partial charge in [0, 0.05) is 30.5 Å². The number of pyridine rings is 2. The van der Waals surface area contributed by atoms with Crippen LogP contribution in [-0.2, 0) is 11.2 Å². The highest BCUT2D eigenvalue weighted by Gasteiger charge is 2.57. The molecule has 0 aromatic carbocycles. The number of ether oxygens (including phenoxy) is 2. The van der Waals surface area contributed by atoms with Crippen molar-refractivity contribution in [3.8, 4) is 17.0 Å². The molecular formula is C21H24F2N4O2. The number of hydrogen-bond acceptors (Lipinski definition) is 6. The molecule has 3 atom stereocenters. The van der Waals surface area contributed by atoms with Crippen LogP contribution in [0.25, 0.3) is 11.3 Å². The molecule has 154 valence electrons. The molecule has 2 saturated heterocycles. The number of anilines is 1. The molecule has 0 radical (unpaired) electrons. The van der Waals surface area contributed by atoms with E-state index in [4.69, 9.17) is 15.5 Å². The lowest BCUT2D eigenvalue weighted by molar-refractivity contribution is -0.0609. The van der Waals surface area contributed by atoms with Crippen molar-refractivity contribution in [1.29, 1.82) is 0 Å². The number of halogens is 2. The molecule has 6 nitrogen and oxygen atoms in total. The van der Waals surface area contributed by atoms with Gasteiger partial charge in [-0.1, -0.05) is 6.92 Å². The van der Waals surface area contributed by atoms with E-state index in [1.54, 1.807) is 6.20 Å². The first-order chi connectivity index (χ1) is 14.0. The Hall–Kier alpha value is -2.32. The van der Waals surface area contributed by atoms with Crippen molar-refractivity contribution in [1.82, 2.24) is 14.9 Å². The zero-order valence-corrected chi connectivity index (χ0v) is 16.2. The van der Waals surface area contributed by atoms with Gasteiger partial charge in [0.2, 0.25) is 0 Å². The predicted octanol–water partition coefficient (Wildman–Crippen LogP) is 2.93. The van der Waals surface area contributed by atoms with Gasteiger partial charge in [0.15, 0.2) is 11.6 Å². The molecule has 3 fully saturated rings. The molecule has 5 rings (SSSR count). The summed E-state index contributed by atoms with van der Waals surface area (Å²) in [6.45, 7) is 3.08. The Bertz CT molecular complexity index is 910. The Morgan fingerprint density at radius 3 is 2.62 bits per heavy atom. The van der Waals surface area contributed by atoms with Crippen LogP contribution in [0.4, 0.5) is 14.6 Å². The van der Waals surface area contributed by atoms with Crippen molar-refractivity contribution in [2.75, 3.05) is 32.0 Å². The van der Waals surface area contributed by atoms with E-state index in [1.165, 1.54) is 11.6 Å². The van der Waals surface area contributed by atoms with Gasteiger partial charge < -0.3 is 15.2 Å². The highest BCUT2D eigenvalue weighted by molar-refractivity contribution is 5.65. The lowest BCUT2D eigenvalue weighted by Crippen LogP contribution is -2.48. The van der Waals surface area contributed by atoms with Gasteiger partial charge in [-0.25, -0.2) is 4.98 Å². The van der Waals surface area contributed by atoms with Crippen LogP contribution in [-0.4, -0.2) is 53.8 Å². The predicted molar refractivity (Wildman–Crippen MR) is 104 cm³/mol. The van der Waals surface area contributed by atoms with E-state index in [0.717, 1.165) is 44.1 Å². The molecule has 1 saturated carbocycles. The standard InChI is InChI=1S/C21H24F2N4O2/c1-2-13-3-11(19-15-7-27(8-16(15)19)14-9-28-10-14)4-17(26-13)12-5-18(29-21(22)23)20(24)25-6-12/h3-6,14-16,19,21H,2,7-10H2,1H3,(H2,24,25)/t15-,16+,19+. The van der Waals surface area contributed by atoms with Gasteiger partial charge in [-0.2, -0.15) is 8.78 Å². The van der Waals surface area contributed by atoms with Crippen molar-refractivity contribution in [2.24, 2.45) is 11.8 Å². The lowest BCUT2D eigenvalue weighted by Gasteiger charge is -2.35. The van der Waals surface area contributed by atoms with E-state index in [0.29, 0.717) is 29.4 Å².